The molecule has 4 atom stereocenters. The Morgan fingerprint density at radius 2 is 2.05 bits per heavy atom. The molecule has 1 aromatic rings. The van der Waals surface area contributed by atoms with Gasteiger partial charge < -0.3 is 5.11 Å². The Labute approximate surface area is 127 Å². The van der Waals surface area contributed by atoms with E-state index in [4.69, 9.17) is 0 Å². The summed E-state index contributed by atoms with van der Waals surface area (Å²) < 4.78 is 17.9. The molecule has 0 spiro atoms. The van der Waals surface area contributed by atoms with Crippen molar-refractivity contribution in [3.63, 3.8) is 0 Å². The Morgan fingerprint density at radius 3 is 2.57 bits per heavy atom. The van der Waals surface area contributed by atoms with Gasteiger partial charge in [0.25, 0.3) is 0 Å². The zero-order valence-corrected chi connectivity index (χ0v) is 13.5. The molecule has 0 amide bonds. The van der Waals surface area contributed by atoms with E-state index in [-0.39, 0.29) is 11.3 Å². The number of hydrogen-bond acceptors (Lipinski definition) is 3. The summed E-state index contributed by atoms with van der Waals surface area (Å²) in [5.74, 6) is -0.115. The Balaban J connectivity index is 2.18. The zero-order valence-electron chi connectivity index (χ0n) is 12.7. The molecule has 3 unspecified atom stereocenters. The van der Waals surface area contributed by atoms with Crippen LogP contribution in [-0.2, 0) is 9.73 Å². The molecule has 1 N–H and O–H groups in total. The third kappa shape index (κ3) is 2.00. The van der Waals surface area contributed by atoms with Gasteiger partial charge in [-0.2, -0.15) is 0 Å². The first-order valence-corrected chi connectivity index (χ1v) is 8.96. The van der Waals surface area contributed by atoms with Crippen LogP contribution >= 0.6 is 0 Å². The van der Waals surface area contributed by atoms with E-state index < -0.39 is 14.7 Å². The van der Waals surface area contributed by atoms with Crippen LogP contribution in [0.2, 0.25) is 0 Å². The van der Waals surface area contributed by atoms with Crippen molar-refractivity contribution in [2.75, 3.05) is 7.05 Å². The molecule has 3 aliphatic rings. The van der Waals surface area contributed by atoms with Crippen molar-refractivity contribution in [1.82, 2.24) is 0 Å². The van der Waals surface area contributed by atoms with Crippen molar-refractivity contribution in [2.24, 2.45) is 15.7 Å². The standard InChI is InChI=1S/C17H23NO2S/c1-13-11-16(2)10-9-15(13)17(19,12-16)21(20,18-3)14-7-5-4-6-8-14/h4-8,15,19H,1,9-12H2,2-3H3/t15?,16?,17-,21?/m1/s1. The van der Waals surface area contributed by atoms with E-state index in [1.165, 1.54) is 0 Å². The molecule has 0 heterocycles. The number of fused-ring (bicyclic) bond motifs is 3. The molecule has 3 fully saturated rings. The van der Waals surface area contributed by atoms with Crippen LogP contribution in [0.4, 0.5) is 0 Å². The van der Waals surface area contributed by atoms with Crippen LogP contribution in [0, 0.1) is 11.3 Å². The van der Waals surface area contributed by atoms with Gasteiger partial charge in [0, 0.05) is 13.0 Å². The average molecular weight is 305 g/mol. The van der Waals surface area contributed by atoms with Gasteiger partial charge in [-0.1, -0.05) is 37.3 Å². The lowest BCUT2D eigenvalue weighted by Crippen LogP contribution is -2.56. The summed E-state index contributed by atoms with van der Waals surface area (Å²) in [6.07, 6.45) is 3.38. The summed E-state index contributed by atoms with van der Waals surface area (Å²) in [4.78, 5) is -0.676. The van der Waals surface area contributed by atoms with E-state index in [0.717, 1.165) is 24.8 Å². The van der Waals surface area contributed by atoms with Crippen LogP contribution in [0.1, 0.15) is 32.6 Å². The summed E-state index contributed by atoms with van der Waals surface area (Å²) in [5.41, 5.74) is 1.02. The smallest absolute Gasteiger partial charge is 0.158 e. The molecule has 2 bridgehead atoms. The molecule has 0 saturated heterocycles. The van der Waals surface area contributed by atoms with Crippen LogP contribution < -0.4 is 0 Å². The summed E-state index contributed by atoms with van der Waals surface area (Å²) >= 11 is 0. The van der Waals surface area contributed by atoms with Crippen molar-refractivity contribution in [3.8, 4) is 0 Å². The summed E-state index contributed by atoms with van der Waals surface area (Å²) in [6, 6.07) is 9.19. The molecule has 3 aliphatic carbocycles. The molecule has 114 valence electrons. The van der Waals surface area contributed by atoms with Crippen LogP contribution in [0.5, 0.6) is 0 Å². The molecule has 1 aromatic carbocycles. The van der Waals surface area contributed by atoms with E-state index in [1.807, 2.05) is 18.2 Å². The van der Waals surface area contributed by atoms with Crippen molar-refractivity contribution >= 4 is 9.73 Å². The maximum atomic E-state index is 13.7. The Morgan fingerprint density at radius 1 is 1.38 bits per heavy atom. The van der Waals surface area contributed by atoms with Crippen LogP contribution in [0.3, 0.4) is 0 Å². The highest BCUT2D eigenvalue weighted by Crippen LogP contribution is 2.59. The lowest BCUT2D eigenvalue weighted by atomic mass is 9.58. The maximum Gasteiger partial charge on any atom is 0.158 e. The minimum atomic E-state index is -2.89. The van der Waals surface area contributed by atoms with Crippen LogP contribution in [0.25, 0.3) is 0 Å². The molecule has 3 nitrogen and oxygen atoms in total. The van der Waals surface area contributed by atoms with Crippen molar-refractivity contribution in [2.45, 2.75) is 42.4 Å². The van der Waals surface area contributed by atoms with Crippen molar-refractivity contribution in [3.05, 3.63) is 42.5 Å². The molecule has 4 rings (SSSR count). The highest BCUT2D eigenvalue weighted by atomic mass is 32.2. The number of rotatable bonds is 2. The second-order valence-corrected chi connectivity index (χ2v) is 9.38. The second-order valence-electron chi connectivity index (χ2n) is 6.78. The predicted molar refractivity (Wildman–Crippen MR) is 85.4 cm³/mol. The fourth-order valence-corrected chi connectivity index (χ4v) is 6.93. The van der Waals surface area contributed by atoms with E-state index in [1.54, 1.807) is 19.2 Å². The second kappa shape index (κ2) is 4.68. The molecule has 3 saturated carbocycles. The van der Waals surface area contributed by atoms with Gasteiger partial charge in [-0.05, 0) is 43.2 Å². The minimum Gasteiger partial charge on any atom is -0.375 e. The molecule has 0 radical (unpaired) electrons. The van der Waals surface area contributed by atoms with Gasteiger partial charge in [0.15, 0.2) is 4.93 Å². The van der Waals surface area contributed by atoms with E-state index in [9.17, 15) is 9.32 Å². The topological polar surface area (TPSA) is 49.7 Å². The van der Waals surface area contributed by atoms with Crippen LogP contribution in [0.15, 0.2) is 51.7 Å². The van der Waals surface area contributed by atoms with Gasteiger partial charge >= 0.3 is 0 Å². The molecule has 0 aliphatic heterocycles. The number of aliphatic hydroxyl groups is 1. The lowest BCUT2D eigenvalue weighted by Gasteiger charge is -2.55. The molecular weight excluding hydrogens is 282 g/mol. The zero-order chi connectivity index (χ0) is 15.3. The third-order valence-corrected chi connectivity index (χ3v) is 8.02. The molecule has 0 aromatic heterocycles. The first-order chi connectivity index (χ1) is 9.85. The summed E-state index contributed by atoms with van der Waals surface area (Å²) in [6.45, 7) is 6.32. The molecular formula is C17H23NO2S. The fourth-order valence-electron chi connectivity index (χ4n) is 4.25. The monoisotopic (exact) mass is 305 g/mol. The Bertz CT molecular complexity index is 690. The van der Waals surface area contributed by atoms with Crippen LogP contribution in [-0.4, -0.2) is 21.3 Å². The first kappa shape index (κ1) is 14.8. The average Bonchev–Trinajstić information content (AvgIpc) is 2.46. The van der Waals surface area contributed by atoms with Crippen molar-refractivity contribution in [1.29, 1.82) is 0 Å². The third-order valence-electron chi connectivity index (χ3n) is 5.21. The van der Waals surface area contributed by atoms with Gasteiger partial charge in [0.05, 0.1) is 4.90 Å². The number of nitrogens with zero attached hydrogens (tertiary/aromatic N) is 1. The van der Waals surface area contributed by atoms with E-state index in [0.29, 0.717) is 11.3 Å². The van der Waals surface area contributed by atoms with E-state index >= 15 is 0 Å². The first-order valence-electron chi connectivity index (χ1n) is 7.45. The lowest BCUT2D eigenvalue weighted by molar-refractivity contribution is -0.0401. The van der Waals surface area contributed by atoms with Gasteiger partial charge in [-0.3, -0.25) is 0 Å². The normalized spacial score (nSPS) is 38.0. The maximum absolute atomic E-state index is 13.7. The quantitative estimate of drug-likeness (QED) is 0.849. The minimum absolute atomic E-state index is 0.0112. The van der Waals surface area contributed by atoms with Gasteiger partial charge in [-0.15, -0.1) is 0 Å². The summed E-state index contributed by atoms with van der Waals surface area (Å²) in [5, 5.41) is 11.4. The van der Waals surface area contributed by atoms with Gasteiger partial charge in [0.2, 0.25) is 0 Å². The van der Waals surface area contributed by atoms with E-state index in [2.05, 4.69) is 17.9 Å². The SMILES string of the molecule is C=C1CC2(C)CCC1[C@](O)(S(=O)(=NC)c1ccccc1)C2. The fraction of sp³-hybridized carbons (Fsp3) is 0.529. The van der Waals surface area contributed by atoms with Gasteiger partial charge in [0.1, 0.15) is 9.73 Å². The number of hydrogen-bond donors (Lipinski definition) is 1. The Hall–Kier alpha value is -1.13. The molecule has 4 heteroatoms. The predicted octanol–water partition coefficient (Wildman–Crippen LogP) is 3.60. The summed E-state index contributed by atoms with van der Waals surface area (Å²) in [7, 11) is -1.33. The Kier molecular flexibility index (Phi) is 3.30. The highest BCUT2D eigenvalue weighted by molar-refractivity contribution is 7.94. The van der Waals surface area contributed by atoms with Gasteiger partial charge in [-0.25, -0.2) is 8.57 Å². The number of benzene rings is 1. The largest absolute Gasteiger partial charge is 0.375 e. The van der Waals surface area contributed by atoms with Crippen molar-refractivity contribution < 1.29 is 9.32 Å². The highest BCUT2D eigenvalue weighted by Gasteiger charge is 2.58. The molecule has 21 heavy (non-hydrogen) atoms.